The predicted molar refractivity (Wildman–Crippen MR) is 150 cm³/mol. The molecule has 14 heteroatoms. The Morgan fingerprint density at radius 2 is 1.77 bits per heavy atom. The number of nitrogens with zero attached hydrogens (tertiary/aromatic N) is 4. The van der Waals surface area contributed by atoms with E-state index in [1.807, 2.05) is 5.38 Å². The number of pyridine rings is 1. The lowest BCUT2D eigenvalue weighted by atomic mass is 10.0. The number of carbonyl (C=O) groups is 1. The highest BCUT2D eigenvalue weighted by molar-refractivity contribution is 7.99. The zero-order valence-corrected chi connectivity index (χ0v) is 24.1. The normalized spacial score (nSPS) is 10.9. The van der Waals surface area contributed by atoms with Crippen LogP contribution in [0.15, 0.2) is 64.4 Å². The van der Waals surface area contributed by atoms with Crippen molar-refractivity contribution in [3.63, 3.8) is 0 Å². The first kappa shape index (κ1) is 30.1. The molecule has 206 valence electrons. The first-order valence-electron chi connectivity index (χ1n) is 11.4. The fourth-order valence-corrected chi connectivity index (χ4v) is 4.91. The van der Waals surface area contributed by atoms with Crippen molar-refractivity contribution >= 4 is 44.3 Å². The van der Waals surface area contributed by atoms with Crippen molar-refractivity contribution in [3.05, 3.63) is 71.1 Å². The Kier molecular flexibility index (Phi) is 10.9. The van der Waals surface area contributed by atoms with Gasteiger partial charge in [-0.1, -0.05) is 11.8 Å². The van der Waals surface area contributed by atoms with Gasteiger partial charge >= 0.3 is 0 Å². The minimum atomic E-state index is -3.67. The molecule has 2 N–H and O–H groups in total. The Bertz CT molecular complexity index is 1470. The van der Waals surface area contributed by atoms with Crippen molar-refractivity contribution in [2.75, 3.05) is 31.9 Å². The van der Waals surface area contributed by atoms with Crippen molar-refractivity contribution < 1.29 is 27.2 Å². The molecule has 1 aromatic carbocycles. The summed E-state index contributed by atoms with van der Waals surface area (Å²) in [6.45, 7) is 5.04. The summed E-state index contributed by atoms with van der Waals surface area (Å²) in [5.74, 6) is 0.263. The molecule has 1 amide bonds. The third kappa shape index (κ3) is 10.00. The maximum atomic E-state index is 12.4. The molecule has 0 atom stereocenters. The molecule has 0 spiro atoms. The summed E-state index contributed by atoms with van der Waals surface area (Å²) in [7, 11) is -2.04. The van der Waals surface area contributed by atoms with Gasteiger partial charge in [0, 0.05) is 40.9 Å². The third-order valence-electron chi connectivity index (χ3n) is 4.79. The monoisotopic (exact) mass is 589 g/mol. The molecule has 4 rings (SSSR count). The molecule has 0 unspecified atom stereocenters. The maximum absolute atomic E-state index is 12.4. The van der Waals surface area contributed by atoms with E-state index in [9.17, 15) is 13.2 Å². The first-order valence-corrected chi connectivity index (χ1v) is 14.9. The molecule has 0 aliphatic heterocycles. The number of anilines is 1. The molecule has 11 nitrogen and oxygen atoms in total. The largest absolute Gasteiger partial charge is 0.474 e. The average Bonchev–Trinajstić information content (AvgIpc) is 3.32. The van der Waals surface area contributed by atoms with Crippen molar-refractivity contribution in [1.82, 2.24) is 19.9 Å². The van der Waals surface area contributed by atoms with E-state index in [4.69, 9.17) is 14.0 Å². The lowest BCUT2D eigenvalue weighted by Gasteiger charge is -2.11. The molecular weight excluding hydrogens is 563 g/mol. The quantitative estimate of drug-likeness (QED) is 0.209. The summed E-state index contributed by atoms with van der Waals surface area (Å²) < 4.78 is 36.3. The molecule has 0 bridgehead atoms. The Balaban J connectivity index is 0.000000771. The number of rotatable bonds is 9. The number of aromatic nitrogens is 4. The van der Waals surface area contributed by atoms with Crippen LogP contribution in [0.4, 0.5) is 5.13 Å². The smallest absolute Gasteiger partial charge is 0.261 e. The molecular formula is C25H27N5O6S3. The van der Waals surface area contributed by atoms with Crippen LogP contribution in [0.25, 0.3) is 11.3 Å². The zero-order chi connectivity index (χ0) is 28.4. The molecule has 0 radical (unpaired) electrons. The van der Waals surface area contributed by atoms with Crippen molar-refractivity contribution in [2.24, 2.45) is 0 Å². The second-order valence-corrected chi connectivity index (χ2v) is 11.4. The minimum absolute atomic E-state index is 0.209. The number of hydrogen-bond acceptors (Lipinski definition) is 11. The van der Waals surface area contributed by atoms with Gasteiger partial charge in [0.15, 0.2) is 5.13 Å². The van der Waals surface area contributed by atoms with E-state index >= 15 is 0 Å². The number of ether oxygens (including phenoxy) is 2. The van der Waals surface area contributed by atoms with Crippen LogP contribution in [0.1, 0.15) is 21.5 Å². The van der Waals surface area contributed by atoms with Gasteiger partial charge < -0.3 is 9.47 Å². The molecule has 0 saturated heterocycles. The molecule has 3 heterocycles. The molecule has 0 fully saturated rings. The number of methoxy groups -OCH3 is 1. The number of amides is 1. The fraction of sp³-hybridized carbons (Fsp3) is 0.240. The summed E-state index contributed by atoms with van der Waals surface area (Å²) in [5.41, 5.74) is 4.61. The van der Waals surface area contributed by atoms with E-state index in [0.29, 0.717) is 36.0 Å². The summed E-state index contributed by atoms with van der Waals surface area (Å²) >= 11 is 2.93. The van der Waals surface area contributed by atoms with Gasteiger partial charge in [0.1, 0.15) is 11.6 Å². The number of nitrogens with one attached hydrogen (secondary N) is 1. The van der Waals surface area contributed by atoms with Crippen LogP contribution in [0.2, 0.25) is 0 Å². The Labute approximate surface area is 234 Å². The number of benzene rings is 1. The van der Waals surface area contributed by atoms with Gasteiger partial charge in [0.25, 0.3) is 16.0 Å². The topological polar surface area (TPSA) is 153 Å². The molecule has 39 heavy (non-hydrogen) atoms. The van der Waals surface area contributed by atoms with Gasteiger partial charge in [0.05, 0.1) is 31.0 Å². The Morgan fingerprint density at radius 1 is 1.10 bits per heavy atom. The van der Waals surface area contributed by atoms with Crippen LogP contribution in [0.5, 0.6) is 5.88 Å². The van der Waals surface area contributed by atoms with Crippen LogP contribution >= 0.6 is 23.1 Å². The van der Waals surface area contributed by atoms with Crippen LogP contribution in [0, 0.1) is 13.8 Å². The van der Waals surface area contributed by atoms with Gasteiger partial charge in [-0.2, -0.15) is 8.42 Å². The zero-order valence-electron chi connectivity index (χ0n) is 21.6. The predicted octanol–water partition coefficient (Wildman–Crippen LogP) is 4.54. The highest BCUT2D eigenvalue weighted by Crippen LogP contribution is 2.35. The van der Waals surface area contributed by atoms with Crippen molar-refractivity contribution in [1.29, 1.82) is 0 Å². The van der Waals surface area contributed by atoms with Crippen LogP contribution in [-0.4, -0.2) is 65.4 Å². The molecule has 3 aromatic heterocycles. The highest BCUT2D eigenvalue weighted by Gasteiger charge is 2.14. The lowest BCUT2D eigenvalue weighted by Crippen LogP contribution is -2.11. The molecule has 0 saturated carbocycles. The van der Waals surface area contributed by atoms with E-state index in [-0.39, 0.29) is 5.91 Å². The van der Waals surface area contributed by atoms with Gasteiger partial charge in [-0.25, -0.2) is 15.0 Å². The Hall–Kier alpha value is -3.43. The summed E-state index contributed by atoms with van der Waals surface area (Å²) in [5, 5.41) is 6.14. The number of thiazole rings is 1. The minimum Gasteiger partial charge on any atom is -0.474 e. The van der Waals surface area contributed by atoms with Crippen LogP contribution in [-0.2, 0) is 14.9 Å². The van der Waals surface area contributed by atoms with Gasteiger partial charge in [-0.15, -0.1) is 11.3 Å². The Morgan fingerprint density at radius 3 is 2.36 bits per heavy atom. The van der Waals surface area contributed by atoms with E-state index in [0.717, 1.165) is 32.3 Å². The first-order chi connectivity index (χ1) is 18.5. The maximum Gasteiger partial charge on any atom is 0.261 e. The fourth-order valence-electron chi connectivity index (χ4n) is 3.29. The summed E-state index contributed by atoms with van der Waals surface area (Å²) in [4.78, 5) is 30.8. The average molecular weight is 590 g/mol. The van der Waals surface area contributed by atoms with Gasteiger partial charge in [0.2, 0.25) is 5.88 Å². The van der Waals surface area contributed by atoms with E-state index in [1.54, 1.807) is 44.0 Å². The van der Waals surface area contributed by atoms with E-state index in [1.165, 1.54) is 23.1 Å². The van der Waals surface area contributed by atoms with Crippen molar-refractivity contribution in [3.8, 4) is 17.1 Å². The second kappa shape index (κ2) is 14.1. The van der Waals surface area contributed by atoms with Crippen molar-refractivity contribution in [2.45, 2.75) is 23.8 Å². The third-order valence-corrected chi connectivity index (χ3v) is 6.44. The summed E-state index contributed by atoms with van der Waals surface area (Å²) in [6, 6.07) is 7.54. The standard InChI is InChI=1S/C24H23N5O3S2.CH4O3S/c1-15-10-18(34-21-13-26-20(12-27-21)32-9-8-31-3)11-16(2)22(15)19-14-33-24(28-19)29-23(30)17-4-6-25-7-5-17;1-5(2,3)4/h4-7,10-14H,8-9H2,1-3H3,(H,28,29,30);1H3,(H,2,3,4). The number of aryl methyl sites for hydroxylation is 2. The van der Waals surface area contributed by atoms with Crippen LogP contribution < -0.4 is 10.1 Å². The van der Waals surface area contributed by atoms with Gasteiger partial charge in [-0.3, -0.25) is 19.6 Å². The SMILES string of the molecule is COCCOc1cnc(Sc2cc(C)c(-c3csc(NC(=O)c4ccncc4)n3)c(C)c2)cn1.CS(=O)(=O)O. The number of carbonyl (C=O) groups excluding carboxylic acids is 1. The van der Waals surface area contributed by atoms with Gasteiger partial charge in [-0.05, 0) is 49.2 Å². The van der Waals surface area contributed by atoms with E-state index < -0.39 is 10.1 Å². The summed E-state index contributed by atoms with van der Waals surface area (Å²) in [6.07, 6.45) is 7.20. The second-order valence-electron chi connectivity index (χ2n) is 8.03. The molecule has 0 aliphatic rings. The van der Waals surface area contributed by atoms with E-state index in [2.05, 4.69) is 51.2 Å². The van der Waals surface area contributed by atoms with Crippen LogP contribution in [0.3, 0.4) is 0 Å². The number of hydrogen-bond donors (Lipinski definition) is 2. The lowest BCUT2D eigenvalue weighted by molar-refractivity contribution is 0.102. The molecule has 0 aliphatic carbocycles. The highest BCUT2D eigenvalue weighted by atomic mass is 32.2. The molecule has 4 aromatic rings.